The highest BCUT2D eigenvalue weighted by Gasteiger charge is 2.33. The van der Waals surface area contributed by atoms with E-state index in [0.29, 0.717) is 23.5 Å². The number of aromatic nitrogens is 4. The topological polar surface area (TPSA) is 124 Å². The number of alkyl halides is 3. The first-order chi connectivity index (χ1) is 17.9. The van der Waals surface area contributed by atoms with Crippen molar-refractivity contribution in [3.8, 4) is 16.9 Å². The molecule has 0 unspecified atom stereocenters. The van der Waals surface area contributed by atoms with Crippen molar-refractivity contribution in [3.63, 3.8) is 0 Å². The minimum absolute atomic E-state index is 0.273. The van der Waals surface area contributed by atoms with Crippen LogP contribution in [0.2, 0.25) is 0 Å². The number of anilines is 1. The number of benzene rings is 2. The standard InChI is InChI=1S/C25H19F3N6O3S/c1-15-4-5-19(32-24(35)17-9-18(25(26,27)28)11-20(10-17)38(29,36)37)12-21(15)33-8-6-23-31-14-22(34(23)33)16-3-2-7-30-13-16/h2-14H,1H3,(H,32,35)(H2,29,36,37). The van der Waals surface area contributed by atoms with Crippen molar-refractivity contribution >= 4 is 27.3 Å². The number of nitrogens with one attached hydrogen (secondary N) is 1. The van der Waals surface area contributed by atoms with E-state index in [1.807, 2.05) is 28.3 Å². The third-order valence-electron chi connectivity index (χ3n) is 5.84. The maximum atomic E-state index is 13.4. The van der Waals surface area contributed by atoms with E-state index in [1.165, 1.54) is 0 Å². The quantitative estimate of drug-likeness (QED) is 0.342. The first-order valence-electron chi connectivity index (χ1n) is 11.0. The minimum Gasteiger partial charge on any atom is -0.322 e. The van der Waals surface area contributed by atoms with Crippen molar-refractivity contribution in [1.82, 2.24) is 19.2 Å². The van der Waals surface area contributed by atoms with Gasteiger partial charge in [0.2, 0.25) is 10.0 Å². The number of nitrogens with two attached hydrogens (primary N) is 1. The number of rotatable bonds is 5. The number of carbonyl (C=O) groups excluding carboxylic acids is 1. The molecule has 0 aliphatic carbocycles. The summed E-state index contributed by atoms with van der Waals surface area (Å²) < 4.78 is 67.2. The van der Waals surface area contributed by atoms with Crippen LogP contribution >= 0.6 is 0 Å². The summed E-state index contributed by atoms with van der Waals surface area (Å²) in [5.41, 5.74) is 2.22. The second kappa shape index (κ2) is 9.11. The van der Waals surface area contributed by atoms with E-state index in [1.54, 1.807) is 49.1 Å². The van der Waals surface area contributed by atoms with Crippen molar-refractivity contribution in [2.24, 2.45) is 5.14 Å². The Morgan fingerprint density at radius 1 is 1.05 bits per heavy atom. The molecule has 1 amide bonds. The van der Waals surface area contributed by atoms with Gasteiger partial charge in [-0.25, -0.2) is 23.1 Å². The van der Waals surface area contributed by atoms with Gasteiger partial charge < -0.3 is 5.32 Å². The van der Waals surface area contributed by atoms with Crippen molar-refractivity contribution < 1.29 is 26.4 Å². The fourth-order valence-electron chi connectivity index (χ4n) is 4.00. The first kappa shape index (κ1) is 25.2. The number of hydrogen-bond acceptors (Lipinski definition) is 5. The van der Waals surface area contributed by atoms with Crippen LogP contribution in [-0.2, 0) is 16.2 Å². The van der Waals surface area contributed by atoms with Gasteiger partial charge in [-0.05, 0) is 55.0 Å². The van der Waals surface area contributed by atoms with E-state index < -0.39 is 38.1 Å². The zero-order chi connectivity index (χ0) is 27.2. The highest BCUT2D eigenvalue weighted by molar-refractivity contribution is 7.89. The van der Waals surface area contributed by atoms with Gasteiger partial charge >= 0.3 is 6.18 Å². The molecule has 0 spiro atoms. The normalized spacial score (nSPS) is 12.1. The first-order valence-corrected chi connectivity index (χ1v) is 12.6. The fraction of sp³-hybridized carbons (Fsp3) is 0.0800. The number of aryl methyl sites for hydroxylation is 1. The largest absolute Gasteiger partial charge is 0.416 e. The molecular formula is C25H19F3N6O3S. The lowest BCUT2D eigenvalue weighted by atomic mass is 10.1. The Balaban J connectivity index is 1.54. The number of imidazole rings is 1. The van der Waals surface area contributed by atoms with Gasteiger partial charge in [-0.15, -0.1) is 0 Å². The number of carbonyl (C=O) groups is 1. The molecule has 13 heteroatoms. The van der Waals surface area contributed by atoms with Gasteiger partial charge in [-0.3, -0.25) is 14.5 Å². The molecule has 0 aliphatic rings. The summed E-state index contributed by atoms with van der Waals surface area (Å²) in [6.07, 6.45) is 1.98. The van der Waals surface area contributed by atoms with Gasteiger partial charge in [0.05, 0.1) is 28.0 Å². The van der Waals surface area contributed by atoms with Crippen LogP contribution in [-0.4, -0.2) is 33.5 Å². The van der Waals surface area contributed by atoms with E-state index in [-0.39, 0.29) is 5.69 Å². The smallest absolute Gasteiger partial charge is 0.322 e. The van der Waals surface area contributed by atoms with Crippen LogP contribution < -0.4 is 10.5 Å². The number of nitrogens with zero attached hydrogens (tertiary/aromatic N) is 4. The van der Waals surface area contributed by atoms with Crippen LogP contribution in [0.4, 0.5) is 18.9 Å². The Morgan fingerprint density at radius 3 is 2.53 bits per heavy atom. The number of sulfonamides is 1. The van der Waals surface area contributed by atoms with Crippen molar-refractivity contribution in [2.45, 2.75) is 18.0 Å². The predicted molar refractivity (Wildman–Crippen MR) is 133 cm³/mol. The lowest BCUT2D eigenvalue weighted by Crippen LogP contribution is -2.18. The van der Waals surface area contributed by atoms with Gasteiger partial charge in [0, 0.05) is 41.5 Å². The summed E-state index contributed by atoms with van der Waals surface area (Å²) in [6.45, 7) is 1.86. The van der Waals surface area contributed by atoms with Crippen molar-refractivity contribution in [2.75, 3.05) is 5.32 Å². The molecule has 0 fully saturated rings. The molecule has 3 N–H and O–H groups in total. The molecule has 5 aromatic rings. The van der Waals surface area contributed by atoms with E-state index >= 15 is 0 Å². The molecule has 0 saturated heterocycles. The summed E-state index contributed by atoms with van der Waals surface area (Å²) in [6, 6.07) is 12.2. The van der Waals surface area contributed by atoms with E-state index in [9.17, 15) is 26.4 Å². The molecule has 0 atom stereocenters. The average Bonchev–Trinajstić information content (AvgIpc) is 3.47. The molecule has 5 rings (SSSR count). The van der Waals surface area contributed by atoms with Gasteiger partial charge in [0.25, 0.3) is 5.91 Å². The van der Waals surface area contributed by atoms with Crippen LogP contribution in [0.1, 0.15) is 21.5 Å². The Kier molecular flexibility index (Phi) is 6.04. The van der Waals surface area contributed by atoms with Gasteiger partial charge in [0.1, 0.15) is 0 Å². The zero-order valence-electron chi connectivity index (χ0n) is 19.6. The molecule has 9 nitrogen and oxygen atoms in total. The predicted octanol–water partition coefficient (Wildman–Crippen LogP) is 4.41. The van der Waals surface area contributed by atoms with Gasteiger partial charge in [0.15, 0.2) is 5.65 Å². The number of primary sulfonamides is 1. The molecule has 3 aromatic heterocycles. The molecule has 3 heterocycles. The molecule has 194 valence electrons. The maximum Gasteiger partial charge on any atom is 0.416 e. The second-order valence-corrected chi connectivity index (χ2v) is 10.0. The third kappa shape index (κ3) is 4.76. The SMILES string of the molecule is Cc1ccc(NC(=O)c2cc(C(F)(F)F)cc(S(N)(=O)=O)c2)cc1-n1ccc2ncc(-c3cccnc3)n21. The number of amides is 1. The maximum absolute atomic E-state index is 13.4. The number of hydrogen-bond donors (Lipinski definition) is 2. The van der Waals surface area contributed by atoms with E-state index in [0.717, 1.165) is 22.9 Å². The fourth-order valence-corrected chi connectivity index (χ4v) is 4.58. The summed E-state index contributed by atoms with van der Waals surface area (Å²) in [5, 5.41) is 7.57. The van der Waals surface area contributed by atoms with Crippen LogP contribution in [0.5, 0.6) is 0 Å². The Labute approximate surface area is 214 Å². The Hall–Kier alpha value is -4.49. The summed E-state index contributed by atoms with van der Waals surface area (Å²) in [7, 11) is -4.50. The van der Waals surface area contributed by atoms with Crippen LogP contribution in [0.25, 0.3) is 22.6 Å². The molecule has 2 aromatic carbocycles. The molecule has 0 bridgehead atoms. The third-order valence-corrected chi connectivity index (χ3v) is 6.73. The number of fused-ring (bicyclic) bond motifs is 1. The molecule has 0 aliphatic heterocycles. The highest BCUT2D eigenvalue weighted by Crippen LogP contribution is 2.32. The Bertz CT molecular complexity index is 1790. The van der Waals surface area contributed by atoms with Gasteiger partial charge in [-0.1, -0.05) is 6.07 Å². The van der Waals surface area contributed by atoms with Crippen LogP contribution in [0.15, 0.2) is 84.3 Å². The summed E-state index contributed by atoms with van der Waals surface area (Å²) in [5.74, 6) is -0.938. The monoisotopic (exact) mass is 540 g/mol. The summed E-state index contributed by atoms with van der Waals surface area (Å²) in [4.78, 5) is 20.7. The molecule has 0 radical (unpaired) electrons. The molecular weight excluding hydrogens is 521 g/mol. The van der Waals surface area contributed by atoms with Crippen molar-refractivity contribution in [3.05, 3.63) is 96.1 Å². The van der Waals surface area contributed by atoms with Gasteiger partial charge in [-0.2, -0.15) is 13.2 Å². The Morgan fingerprint density at radius 2 is 1.84 bits per heavy atom. The minimum atomic E-state index is -4.89. The van der Waals surface area contributed by atoms with Crippen LogP contribution in [0.3, 0.4) is 0 Å². The lowest BCUT2D eigenvalue weighted by Gasteiger charge is -2.15. The highest BCUT2D eigenvalue weighted by atomic mass is 32.2. The average molecular weight is 541 g/mol. The van der Waals surface area contributed by atoms with E-state index in [2.05, 4.69) is 15.3 Å². The second-order valence-electron chi connectivity index (χ2n) is 8.46. The number of halogens is 3. The van der Waals surface area contributed by atoms with E-state index in [4.69, 9.17) is 5.14 Å². The molecule has 38 heavy (non-hydrogen) atoms. The molecule has 0 saturated carbocycles. The van der Waals surface area contributed by atoms with Crippen LogP contribution in [0, 0.1) is 6.92 Å². The lowest BCUT2D eigenvalue weighted by molar-refractivity contribution is -0.137. The number of pyridine rings is 1. The zero-order valence-corrected chi connectivity index (χ0v) is 20.5. The van der Waals surface area contributed by atoms with Crippen molar-refractivity contribution in [1.29, 1.82) is 0 Å². The summed E-state index contributed by atoms with van der Waals surface area (Å²) >= 11 is 0.